The Morgan fingerprint density at radius 1 is 0.393 bits per heavy atom. The first-order chi connectivity index (χ1) is 27.1. The molecule has 0 rings (SSSR count). The predicted molar refractivity (Wildman–Crippen MR) is 249 cm³/mol. The maximum absolute atomic E-state index is 11.8. The van der Waals surface area contributed by atoms with Crippen molar-refractivity contribution in [2.45, 2.75) is 273 Å². The number of phosphoric acid groups is 1. The van der Waals surface area contributed by atoms with Gasteiger partial charge in [0.05, 0.1) is 40.4 Å². The third-order valence-electron chi connectivity index (χ3n) is 12.3. The lowest BCUT2D eigenvalue weighted by Crippen LogP contribution is -2.41. The quantitative estimate of drug-likeness (QED) is 0.0349. The summed E-state index contributed by atoms with van der Waals surface area (Å²) in [5.41, 5.74) is 0. The van der Waals surface area contributed by atoms with Crippen LogP contribution in [0.15, 0.2) is 0 Å². The van der Waals surface area contributed by atoms with Crippen LogP contribution in [0, 0.1) is 11.8 Å². The van der Waals surface area contributed by atoms with E-state index in [4.69, 9.17) is 9.05 Å². The SMILES string of the molecule is CCCCC(CC)COP(=O)([O-])OCC(CC)CCCC.CCCCCCCCCCCCCCCC[N+](C)(C)CCCCCCCCCCCCCCCC. The van der Waals surface area contributed by atoms with E-state index in [2.05, 4.69) is 55.6 Å². The van der Waals surface area contributed by atoms with Gasteiger partial charge >= 0.3 is 0 Å². The average Bonchev–Trinajstić information content (AvgIpc) is 3.18. The number of quaternary nitrogens is 1. The van der Waals surface area contributed by atoms with Gasteiger partial charge in [-0.15, -0.1) is 0 Å². The van der Waals surface area contributed by atoms with Crippen LogP contribution < -0.4 is 4.89 Å². The standard InChI is InChI=1S/C34H72N.C16H35O4P/c1-5-7-9-11-13-15-17-19-21-23-25-27-29-31-33-35(3,4)34-32-30-28-26-24-22-20-18-16-14-12-10-8-6-2;1-5-9-11-15(7-3)13-19-21(17,18)20-14-16(8-4)12-10-6-2/h5-34H2,1-4H3;15-16H,5-14H2,1-4H3,(H,17,18)/q+1;/p-1. The molecule has 0 spiro atoms. The van der Waals surface area contributed by atoms with Crippen LogP contribution in [0.3, 0.4) is 0 Å². The zero-order valence-electron chi connectivity index (χ0n) is 40.0. The molecule has 56 heavy (non-hydrogen) atoms. The van der Waals surface area contributed by atoms with Gasteiger partial charge in [0, 0.05) is 0 Å². The summed E-state index contributed by atoms with van der Waals surface area (Å²) in [6.45, 7) is 16.3. The predicted octanol–water partition coefficient (Wildman–Crippen LogP) is 16.9. The molecule has 0 aliphatic heterocycles. The van der Waals surface area contributed by atoms with Crippen molar-refractivity contribution in [3.05, 3.63) is 0 Å². The molecule has 0 aromatic carbocycles. The van der Waals surface area contributed by atoms with Gasteiger partial charge in [0.2, 0.25) is 0 Å². The molecule has 6 heteroatoms. The van der Waals surface area contributed by atoms with Crippen molar-refractivity contribution in [1.82, 2.24) is 0 Å². The zero-order chi connectivity index (χ0) is 41.9. The maximum atomic E-state index is 11.8. The number of rotatable bonds is 44. The molecule has 0 fully saturated rings. The maximum Gasteiger partial charge on any atom is 0.267 e. The van der Waals surface area contributed by atoms with Crippen molar-refractivity contribution in [1.29, 1.82) is 0 Å². The molecule has 0 heterocycles. The first kappa shape index (κ1) is 58.2. The van der Waals surface area contributed by atoms with Gasteiger partial charge in [0.1, 0.15) is 0 Å². The number of hydrogen-bond acceptors (Lipinski definition) is 4. The summed E-state index contributed by atoms with van der Waals surface area (Å²) in [6.07, 6.45) is 49.3. The van der Waals surface area contributed by atoms with Gasteiger partial charge in [-0.05, 0) is 50.4 Å². The Kier molecular flexibility index (Phi) is 46.3. The van der Waals surface area contributed by atoms with Crippen LogP contribution in [-0.4, -0.2) is 44.9 Å². The smallest absolute Gasteiger partial charge is 0.267 e. The normalized spacial score (nSPS) is 14.0. The molecule has 340 valence electrons. The Hall–Kier alpha value is 0.0700. The molecule has 2 unspecified atom stereocenters. The van der Waals surface area contributed by atoms with Crippen molar-refractivity contribution < 1.29 is 23.0 Å². The number of unbranched alkanes of at least 4 members (excludes halogenated alkanes) is 28. The van der Waals surface area contributed by atoms with E-state index in [1.165, 1.54) is 197 Å². The Morgan fingerprint density at radius 2 is 0.625 bits per heavy atom. The van der Waals surface area contributed by atoms with Crippen molar-refractivity contribution >= 4 is 7.82 Å². The van der Waals surface area contributed by atoms with Gasteiger partial charge in [0.25, 0.3) is 7.82 Å². The van der Waals surface area contributed by atoms with Crippen molar-refractivity contribution in [2.24, 2.45) is 11.8 Å². The van der Waals surface area contributed by atoms with Crippen LogP contribution in [0.1, 0.15) is 273 Å². The molecule has 2 atom stereocenters. The molecule has 0 saturated heterocycles. The van der Waals surface area contributed by atoms with Gasteiger partial charge in [-0.2, -0.15) is 0 Å². The Morgan fingerprint density at radius 3 is 0.857 bits per heavy atom. The van der Waals surface area contributed by atoms with E-state index in [-0.39, 0.29) is 13.2 Å². The lowest BCUT2D eigenvalue weighted by Gasteiger charge is -2.30. The van der Waals surface area contributed by atoms with Gasteiger partial charge < -0.3 is 18.4 Å². The molecule has 0 aliphatic carbocycles. The van der Waals surface area contributed by atoms with E-state index in [1.807, 2.05) is 0 Å². The zero-order valence-corrected chi connectivity index (χ0v) is 40.9. The highest BCUT2D eigenvalue weighted by molar-refractivity contribution is 7.45. The second-order valence-electron chi connectivity index (χ2n) is 18.4. The van der Waals surface area contributed by atoms with E-state index in [0.717, 1.165) is 51.4 Å². The molecule has 0 saturated carbocycles. The summed E-state index contributed by atoms with van der Waals surface area (Å²) >= 11 is 0. The minimum absolute atomic E-state index is 0.253. The van der Waals surface area contributed by atoms with Gasteiger partial charge in [0.15, 0.2) is 0 Å². The number of phosphoric ester groups is 1. The van der Waals surface area contributed by atoms with E-state index >= 15 is 0 Å². The van der Waals surface area contributed by atoms with Crippen LogP contribution in [0.5, 0.6) is 0 Å². The molecular formula is C50H106NO4P. The Bertz CT molecular complexity index is 735. The third-order valence-corrected chi connectivity index (χ3v) is 13.2. The van der Waals surface area contributed by atoms with E-state index in [0.29, 0.717) is 11.8 Å². The fourth-order valence-corrected chi connectivity index (χ4v) is 8.67. The molecule has 0 radical (unpaired) electrons. The molecule has 0 aliphatic rings. The molecular weight excluding hydrogens is 710 g/mol. The minimum Gasteiger partial charge on any atom is -0.756 e. The Balaban J connectivity index is 0. The second-order valence-corrected chi connectivity index (χ2v) is 19.9. The lowest BCUT2D eigenvalue weighted by molar-refractivity contribution is -0.890. The summed E-state index contributed by atoms with van der Waals surface area (Å²) in [5, 5.41) is 0. The monoisotopic (exact) mass is 816 g/mol. The van der Waals surface area contributed by atoms with E-state index in [1.54, 1.807) is 0 Å². The molecule has 0 amide bonds. The molecule has 0 N–H and O–H groups in total. The van der Waals surface area contributed by atoms with Gasteiger partial charge in [-0.3, -0.25) is 4.57 Å². The first-order valence-electron chi connectivity index (χ1n) is 25.5. The second kappa shape index (κ2) is 44.6. The fraction of sp³-hybridized carbons (Fsp3) is 1.00. The van der Waals surface area contributed by atoms with Crippen LogP contribution >= 0.6 is 7.82 Å². The topological polar surface area (TPSA) is 58.6 Å². The fourth-order valence-electron chi connectivity index (χ4n) is 7.81. The highest BCUT2D eigenvalue weighted by atomic mass is 31.2. The number of nitrogens with zero attached hydrogens (tertiary/aromatic N) is 1. The first-order valence-corrected chi connectivity index (χ1v) is 27.0. The Labute approximate surface area is 354 Å². The summed E-state index contributed by atoms with van der Waals surface area (Å²) in [6, 6.07) is 0. The van der Waals surface area contributed by atoms with Gasteiger partial charge in [-0.25, -0.2) is 0 Å². The minimum atomic E-state index is -4.14. The average molecular weight is 816 g/mol. The summed E-state index contributed by atoms with van der Waals surface area (Å²) < 4.78 is 23.2. The summed E-state index contributed by atoms with van der Waals surface area (Å²) in [7, 11) is 0.785. The molecule has 5 nitrogen and oxygen atoms in total. The van der Waals surface area contributed by atoms with Crippen molar-refractivity contribution in [3.63, 3.8) is 0 Å². The summed E-state index contributed by atoms with van der Waals surface area (Å²) in [4.78, 5) is 11.8. The van der Waals surface area contributed by atoms with E-state index in [9.17, 15) is 9.46 Å². The van der Waals surface area contributed by atoms with E-state index < -0.39 is 7.82 Å². The van der Waals surface area contributed by atoms with Crippen LogP contribution in [0.4, 0.5) is 0 Å². The van der Waals surface area contributed by atoms with Crippen molar-refractivity contribution in [3.8, 4) is 0 Å². The lowest BCUT2D eigenvalue weighted by atomic mass is 10.0. The van der Waals surface area contributed by atoms with Crippen molar-refractivity contribution in [2.75, 3.05) is 40.4 Å². The number of hydrogen-bond donors (Lipinski definition) is 0. The van der Waals surface area contributed by atoms with Gasteiger partial charge in [-0.1, -0.05) is 234 Å². The molecule has 0 bridgehead atoms. The van der Waals surface area contributed by atoms with Crippen LogP contribution in [-0.2, 0) is 13.6 Å². The summed E-state index contributed by atoms with van der Waals surface area (Å²) in [5.74, 6) is 0.607. The highest BCUT2D eigenvalue weighted by Gasteiger charge is 2.17. The third kappa shape index (κ3) is 45.2. The van der Waals surface area contributed by atoms with Crippen LogP contribution in [0.2, 0.25) is 0 Å². The molecule has 0 aromatic rings. The van der Waals surface area contributed by atoms with Crippen LogP contribution in [0.25, 0.3) is 0 Å². The molecule has 0 aromatic heterocycles. The highest BCUT2D eigenvalue weighted by Crippen LogP contribution is 2.40. The largest absolute Gasteiger partial charge is 0.756 e.